The van der Waals surface area contributed by atoms with Gasteiger partial charge >= 0.3 is 0 Å². The summed E-state index contributed by atoms with van der Waals surface area (Å²) in [5.41, 5.74) is 2.21. The molecule has 0 amide bonds. The Morgan fingerprint density at radius 1 is 1.40 bits per heavy atom. The van der Waals surface area contributed by atoms with Gasteiger partial charge in [-0.2, -0.15) is 0 Å². The van der Waals surface area contributed by atoms with Gasteiger partial charge in [0.15, 0.2) is 0 Å². The number of methoxy groups -OCH3 is 1. The maximum Gasteiger partial charge on any atom is 0.208 e. The van der Waals surface area contributed by atoms with E-state index in [1.165, 1.54) is 6.07 Å². The van der Waals surface area contributed by atoms with Crippen LogP contribution in [0.2, 0.25) is 0 Å². The lowest BCUT2D eigenvalue weighted by atomic mass is 10.2. The molecule has 0 saturated heterocycles. The second-order valence-corrected chi connectivity index (χ2v) is 5.03. The van der Waals surface area contributed by atoms with Crippen LogP contribution in [0, 0.1) is 19.7 Å². The lowest BCUT2D eigenvalue weighted by molar-refractivity contribution is 0.190. The fourth-order valence-corrected chi connectivity index (χ4v) is 2.10. The Hall–Kier alpha value is -1.88. The van der Waals surface area contributed by atoms with Gasteiger partial charge in [-0.3, -0.25) is 4.57 Å². The summed E-state index contributed by atoms with van der Waals surface area (Å²) in [6.07, 6.45) is 1.82. The molecule has 0 radical (unpaired) electrons. The third-order valence-electron chi connectivity index (χ3n) is 2.98. The van der Waals surface area contributed by atoms with Crippen LogP contribution in [-0.2, 0) is 4.74 Å². The van der Waals surface area contributed by atoms with E-state index < -0.39 is 0 Å². The predicted molar refractivity (Wildman–Crippen MR) is 78.0 cm³/mol. The first-order chi connectivity index (χ1) is 9.51. The molecule has 2 rings (SSSR count). The van der Waals surface area contributed by atoms with Crippen molar-refractivity contribution in [2.24, 2.45) is 0 Å². The van der Waals surface area contributed by atoms with Crippen LogP contribution in [0.4, 0.5) is 10.3 Å². The smallest absolute Gasteiger partial charge is 0.208 e. The van der Waals surface area contributed by atoms with E-state index in [4.69, 9.17) is 4.74 Å². The second kappa shape index (κ2) is 6.05. The zero-order valence-corrected chi connectivity index (χ0v) is 12.3. The summed E-state index contributed by atoms with van der Waals surface area (Å²) in [5, 5.41) is 3.23. The van der Waals surface area contributed by atoms with Gasteiger partial charge in [0.1, 0.15) is 5.82 Å². The minimum absolute atomic E-state index is 0.0917. The summed E-state index contributed by atoms with van der Waals surface area (Å²) in [4.78, 5) is 4.40. The Morgan fingerprint density at radius 2 is 2.15 bits per heavy atom. The summed E-state index contributed by atoms with van der Waals surface area (Å²) < 4.78 is 20.9. The molecule has 1 aromatic heterocycles. The summed E-state index contributed by atoms with van der Waals surface area (Å²) in [7, 11) is 1.65. The van der Waals surface area contributed by atoms with Gasteiger partial charge in [-0.05, 0) is 38.5 Å². The number of hydrogen-bond acceptors (Lipinski definition) is 3. The molecule has 5 heteroatoms. The molecule has 1 atom stereocenters. The van der Waals surface area contributed by atoms with E-state index in [-0.39, 0.29) is 11.9 Å². The highest BCUT2D eigenvalue weighted by atomic mass is 19.1. The number of aromatic nitrogens is 2. The summed E-state index contributed by atoms with van der Waals surface area (Å²) in [6.45, 7) is 6.30. The van der Waals surface area contributed by atoms with Gasteiger partial charge in [0.05, 0.1) is 18.0 Å². The van der Waals surface area contributed by atoms with E-state index in [0.29, 0.717) is 18.2 Å². The number of halogens is 1. The minimum atomic E-state index is -0.259. The van der Waals surface area contributed by atoms with Gasteiger partial charge < -0.3 is 10.1 Å². The average molecular weight is 277 g/mol. The standard InChI is InChI=1S/C15H20FN3O/c1-10-5-6-14(13(16)7-10)19-8-11(2)17-15(19)18-12(3)9-20-4/h5-8,12H,9H2,1-4H3,(H,17,18). The highest BCUT2D eigenvalue weighted by Gasteiger charge is 2.13. The number of aryl methyl sites for hydroxylation is 2. The Morgan fingerprint density at radius 3 is 2.80 bits per heavy atom. The number of nitrogens with zero attached hydrogens (tertiary/aromatic N) is 2. The molecular weight excluding hydrogens is 257 g/mol. The third-order valence-corrected chi connectivity index (χ3v) is 2.98. The quantitative estimate of drug-likeness (QED) is 0.913. The minimum Gasteiger partial charge on any atom is -0.383 e. The van der Waals surface area contributed by atoms with Crippen molar-refractivity contribution in [3.63, 3.8) is 0 Å². The lowest BCUT2D eigenvalue weighted by Gasteiger charge is -2.15. The molecule has 1 unspecified atom stereocenters. The van der Waals surface area contributed by atoms with Gasteiger partial charge in [-0.1, -0.05) is 6.07 Å². The number of nitrogens with one attached hydrogen (secondary N) is 1. The molecule has 0 fully saturated rings. The summed E-state index contributed by atoms with van der Waals surface area (Å²) in [5.74, 6) is 0.361. The van der Waals surface area contributed by atoms with Crippen LogP contribution in [0.25, 0.3) is 5.69 Å². The molecule has 0 aliphatic heterocycles. The number of imidazole rings is 1. The Bertz CT molecular complexity index is 595. The van der Waals surface area contributed by atoms with Crippen molar-refractivity contribution in [3.8, 4) is 5.69 Å². The Labute approximate surface area is 118 Å². The zero-order valence-electron chi connectivity index (χ0n) is 12.3. The molecular formula is C15H20FN3O. The molecule has 1 aromatic carbocycles. The van der Waals surface area contributed by atoms with Gasteiger partial charge in [-0.25, -0.2) is 9.37 Å². The van der Waals surface area contributed by atoms with Gasteiger partial charge in [0, 0.05) is 19.3 Å². The monoisotopic (exact) mass is 277 g/mol. The molecule has 20 heavy (non-hydrogen) atoms. The fraction of sp³-hybridized carbons (Fsp3) is 0.400. The lowest BCUT2D eigenvalue weighted by Crippen LogP contribution is -2.23. The van der Waals surface area contributed by atoms with Gasteiger partial charge in [0.2, 0.25) is 5.95 Å². The van der Waals surface area contributed by atoms with Crippen molar-refractivity contribution in [1.82, 2.24) is 9.55 Å². The van der Waals surface area contributed by atoms with Gasteiger partial charge in [-0.15, -0.1) is 0 Å². The maximum absolute atomic E-state index is 14.1. The molecule has 1 heterocycles. The summed E-state index contributed by atoms with van der Waals surface area (Å²) >= 11 is 0. The first-order valence-electron chi connectivity index (χ1n) is 6.59. The van der Waals surface area contributed by atoms with E-state index in [9.17, 15) is 4.39 Å². The third kappa shape index (κ3) is 3.17. The topological polar surface area (TPSA) is 39.1 Å². The van der Waals surface area contributed by atoms with Gasteiger partial charge in [0.25, 0.3) is 0 Å². The van der Waals surface area contributed by atoms with Crippen LogP contribution < -0.4 is 5.32 Å². The molecule has 0 aliphatic carbocycles. The first-order valence-corrected chi connectivity index (χ1v) is 6.59. The fourth-order valence-electron chi connectivity index (χ4n) is 2.10. The highest BCUT2D eigenvalue weighted by Crippen LogP contribution is 2.21. The summed E-state index contributed by atoms with van der Waals surface area (Å²) in [6, 6.07) is 5.26. The highest BCUT2D eigenvalue weighted by molar-refractivity contribution is 5.45. The normalized spacial score (nSPS) is 12.4. The van der Waals surface area contributed by atoms with Crippen LogP contribution in [0.15, 0.2) is 24.4 Å². The largest absolute Gasteiger partial charge is 0.383 e. The Balaban J connectivity index is 2.36. The van der Waals surface area contributed by atoms with Crippen molar-refractivity contribution in [1.29, 1.82) is 0 Å². The van der Waals surface area contributed by atoms with Crippen molar-refractivity contribution < 1.29 is 9.13 Å². The first kappa shape index (κ1) is 14.5. The molecule has 0 bridgehead atoms. The Kier molecular flexibility index (Phi) is 4.39. The molecule has 2 aromatic rings. The molecule has 0 saturated carbocycles. The van der Waals surface area contributed by atoms with Crippen LogP contribution in [-0.4, -0.2) is 29.3 Å². The van der Waals surface area contributed by atoms with E-state index in [2.05, 4.69) is 10.3 Å². The molecule has 1 N–H and O–H groups in total. The van der Waals surface area contributed by atoms with Crippen LogP contribution in [0.3, 0.4) is 0 Å². The molecule has 0 aliphatic rings. The zero-order chi connectivity index (χ0) is 14.7. The SMILES string of the molecule is COCC(C)Nc1nc(C)cn1-c1ccc(C)cc1F. The predicted octanol–water partition coefficient (Wildman–Crippen LogP) is 3.08. The second-order valence-electron chi connectivity index (χ2n) is 5.03. The van der Waals surface area contributed by atoms with E-state index in [1.807, 2.05) is 33.0 Å². The van der Waals surface area contributed by atoms with Crippen molar-refractivity contribution in [2.45, 2.75) is 26.8 Å². The number of benzene rings is 1. The number of hydrogen-bond donors (Lipinski definition) is 1. The number of anilines is 1. The van der Waals surface area contributed by atoms with Crippen LogP contribution in [0.5, 0.6) is 0 Å². The molecule has 4 nitrogen and oxygen atoms in total. The maximum atomic E-state index is 14.1. The number of ether oxygens (including phenoxy) is 1. The van der Waals surface area contributed by atoms with E-state index >= 15 is 0 Å². The molecule has 0 spiro atoms. The van der Waals surface area contributed by atoms with E-state index in [1.54, 1.807) is 17.7 Å². The van der Waals surface area contributed by atoms with Crippen LogP contribution in [0.1, 0.15) is 18.2 Å². The van der Waals surface area contributed by atoms with Crippen molar-refractivity contribution in [2.75, 3.05) is 19.0 Å². The van der Waals surface area contributed by atoms with Crippen molar-refractivity contribution >= 4 is 5.95 Å². The van der Waals surface area contributed by atoms with E-state index in [0.717, 1.165) is 11.3 Å². The van der Waals surface area contributed by atoms with Crippen molar-refractivity contribution in [3.05, 3.63) is 41.5 Å². The number of rotatable bonds is 5. The molecule has 108 valence electrons. The van der Waals surface area contributed by atoms with Crippen LogP contribution >= 0.6 is 0 Å². The average Bonchev–Trinajstić information content (AvgIpc) is 2.70.